The van der Waals surface area contributed by atoms with Gasteiger partial charge in [0.25, 0.3) is 5.56 Å². The van der Waals surface area contributed by atoms with E-state index in [1.165, 1.54) is 0 Å². The lowest BCUT2D eigenvalue weighted by Gasteiger charge is -2.23. The Hall–Kier alpha value is -0.810. The molecular weight excluding hydrogens is 246 g/mol. The summed E-state index contributed by atoms with van der Waals surface area (Å²) in [6.07, 6.45) is 0.794. The fraction of sp³-hybridized carbons (Fsp3) is 0.692. The Morgan fingerprint density at radius 3 is 2.83 bits per heavy atom. The summed E-state index contributed by atoms with van der Waals surface area (Å²) in [4.78, 5) is 21.0. The van der Waals surface area contributed by atoms with Crippen LogP contribution in [0.5, 0.6) is 0 Å². The van der Waals surface area contributed by atoms with Crippen molar-refractivity contribution in [2.45, 2.75) is 39.8 Å². The van der Waals surface area contributed by atoms with E-state index >= 15 is 0 Å². The smallest absolute Gasteiger partial charge is 0.251 e. The Labute approximate surface area is 113 Å². The molecule has 1 atom stereocenters. The third-order valence-corrected chi connectivity index (χ3v) is 4.05. The van der Waals surface area contributed by atoms with Crippen molar-refractivity contribution in [3.8, 4) is 0 Å². The molecule has 0 aliphatic heterocycles. The minimum Gasteiger partial charge on any atom is -0.309 e. The highest BCUT2D eigenvalue weighted by Gasteiger charge is 2.11. The van der Waals surface area contributed by atoms with Crippen LogP contribution in [0.2, 0.25) is 0 Å². The number of aryl methyl sites for hydroxylation is 1. The standard InChI is InChI=1S/C13H23N3OS/c1-5-11-7-13(17)15-12(14-11)8-16(4)10(3)9-18-6-2/h7,10H,5-6,8-9H2,1-4H3,(H,14,15,17)/t10-/m0/s1. The van der Waals surface area contributed by atoms with Crippen molar-refractivity contribution < 1.29 is 0 Å². The Morgan fingerprint density at radius 1 is 1.50 bits per heavy atom. The normalized spacial score (nSPS) is 12.9. The van der Waals surface area contributed by atoms with E-state index in [1.807, 2.05) is 18.7 Å². The third kappa shape index (κ3) is 4.82. The van der Waals surface area contributed by atoms with Gasteiger partial charge in [-0.1, -0.05) is 13.8 Å². The molecular formula is C13H23N3OS. The topological polar surface area (TPSA) is 49.0 Å². The zero-order valence-corrected chi connectivity index (χ0v) is 12.5. The van der Waals surface area contributed by atoms with Crippen molar-refractivity contribution in [3.05, 3.63) is 27.9 Å². The maximum atomic E-state index is 11.5. The van der Waals surface area contributed by atoms with Crippen molar-refractivity contribution in [1.82, 2.24) is 14.9 Å². The average molecular weight is 269 g/mol. The molecule has 0 saturated heterocycles. The zero-order valence-electron chi connectivity index (χ0n) is 11.7. The van der Waals surface area contributed by atoms with Gasteiger partial charge in [0.05, 0.1) is 6.54 Å². The largest absolute Gasteiger partial charge is 0.309 e. The lowest BCUT2D eigenvalue weighted by molar-refractivity contribution is 0.262. The summed E-state index contributed by atoms with van der Waals surface area (Å²) in [5.41, 5.74) is 0.804. The number of hydrogen-bond donors (Lipinski definition) is 1. The van der Waals surface area contributed by atoms with Gasteiger partial charge in [0.2, 0.25) is 0 Å². The van der Waals surface area contributed by atoms with Gasteiger partial charge in [-0.3, -0.25) is 9.69 Å². The van der Waals surface area contributed by atoms with Gasteiger partial charge in [-0.2, -0.15) is 11.8 Å². The Kier molecular flexibility index (Phi) is 6.43. The molecule has 0 saturated carbocycles. The van der Waals surface area contributed by atoms with Crippen molar-refractivity contribution in [3.63, 3.8) is 0 Å². The molecule has 0 amide bonds. The SMILES string of the molecule is CCSC[C@H](C)N(C)Cc1nc(CC)cc(=O)[nH]1. The van der Waals surface area contributed by atoms with Crippen LogP contribution in [0.15, 0.2) is 10.9 Å². The highest BCUT2D eigenvalue weighted by atomic mass is 32.2. The number of H-pyrrole nitrogens is 1. The van der Waals surface area contributed by atoms with E-state index in [-0.39, 0.29) is 5.56 Å². The van der Waals surface area contributed by atoms with E-state index in [9.17, 15) is 4.79 Å². The van der Waals surface area contributed by atoms with Crippen molar-refractivity contribution in [2.75, 3.05) is 18.6 Å². The molecule has 4 nitrogen and oxygen atoms in total. The zero-order chi connectivity index (χ0) is 13.5. The second-order valence-corrected chi connectivity index (χ2v) is 5.78. The number of aromatic nitrogens is 2. The van der Waals surface area contributed by atoms with Gasteiger partial charge in [0.15, 0.2) is 0 Å². The van der Waals surface area contributed by atoms with Crippen molar-refractivity contribution >= 4 is 11.8 Å². The van der Waals surface area contributed by atoms with Crippen LogP contribution >= 0.6 is 11.8 Å². The summed E-state index contributed by atoms with van der Waals surface area (Å²) in [7, 11) is 2.07. The Balaban J connectivity index is 2.66. The lowest BCUT2D eigenvalue weighted by Crippen LogP contribution is -2.32. The van der Waals surface area contributed by atoms with Gasteiger partial charge < -0.3 is 4.98 Å². The van der Waals surface area contributed by atoms with Gasteiger partial charge in [0.1, 0.15) is 5.82 Å². The molecule has 0 bridgehead atoms. The number of hydrogen-bond acceptors (Lipinski definition) is 4. The van der Waals surface area contributed by atoms with E-state index in [0.717, 1.165) is 29.4 Å². The lowest BCUT2D eigenvalue weighted by atomic mass is 10.3. The molecule has 0 aliphatic rings. The third-order valence-electron chi connectivity index (χ3n) is 2.92. The maximum Gasteiger partial charge on any atom is 0.251 e. The predicted octanol–water partition coefficient (Wildman–Crippen LogP) is 1.91. The molecule has 0 aromatic carbocycles. The molecule has 0 aliphatic carbocycles. The number of rotatable bonds is 7. The van der Waals surface area contributed by atoms with Gasteiger partial charge >= 0.3 is 0 Å². The molecule has 1 N–H and O–H groups in total. The molecule has 1 aromatic rings. The van der Waals surface area contributed by atoms with Gasteiger partial charge in [-0.15, -0.1) is 0 Å². The van der Waals surface area contributed by atoms with E-state index in [2.05, 4.69) is 35.8 Å². The summed E-state index contributed by atoms with van der Waals surface area (Å²) < 4.78 is 0. The Morgan fingerprint density at radius 2 is 2.22 bits per heavy atom. The average Bonchev–Trinajstić information content (AvgIpc) is 2.34. The minimum absolute atomic E-state index is 0.0548. The fourth-order valence-electron chi connectivity index (χ4n) is 1.63. The summed E-state index contributed by atoms with van der Waals surface area (Å²) >= 11 is 1.93. The first-order chi connectivity index (χ1) is 8.56. The number of thioether (sulfide) groups is 1. The molecule has 0 unspecified atom stereocenters. The maximum absolute atomic E-state index is 11.5. The molecule has 0 radical (unpaired) electrons. The van der Waals surface area contributed by atoms with Gasteiger partial charge in [0, 0.05) is 23.6 Å². The van der Waals surface area contributed by atoms with E-state index in [1.54, 1.807) is 6.07 Å². The number of nitrogens with one attached hydrogen (secondary N) is 1. The first-order valence-electron chi connectivity index (χ1n) is 6.43. The van der Waals surface area contributed by atoms with Gasteiger partial charge in [-0.05, 0) is 26.1 Å². The molecule has 1 rings (SSSR count). The first kappa shape index (κ1) is 15.2. The van der Waals surface area contributed by atoms with E-state index < -0.39 is 0 Å². The second kappa shape index (κ2) is 7.59. The fourth-order valence-corrected chi connectivity index (χ4v) is 2.46. The predicted molar refractivity (Wildman–Crippen MR) is 78.2 cm³/mol. The monoisotopic (exact) mass is 269 g/mol. The van der Waals surface area contributed by atoms with Gasteiger partial charge in [-0.25, -0.2) is 4.98 Å². The molecule has 1 aromatic heterocycles. The van der Waals surface area contributed by atoms with Crippen LogP contribution in [-0.4, -0.2) is 39.5 Å². The van der Waals surface area contributed by atoms with Crippen LogP contribution < -0.4 is 5.56 Å². The summed E-state index contributed by atoms with van der Waals surface area (Å²) in [6, 6.07) is 2.05. The molecule has 0 fully saturated rings. The molecule has 1 heterocycles. The van der Waals surface area contributed by atoms with Crippen molar-refractivity contribution in [1.29, 1.82) is 0 Å². The van der Waals surface area contributed by atoms with Crippen LogP contribution in [0.4, 0.5) is 0 Å². The van der Waals surface area contributed by atoms with Crippen LogP contribution in [-0.2, 0) is 13.0 Å². The molecule has 102 valence electrons. The number of aromatic amines is 1. The van der Waals surface area contributed by atoms with Crippen LogP contribution in [0, 0.1) is 0 Å². The van der Waals surface area contributed by atoms with Crippen LogP contribution in [0.3, 0.4) is 0 Å². The second-order valence-electron chi connectivity index (χ2n) is 4.46. The number of nitrogens with zero attached hydrogens (tertiary/aromatic N) is 2. The van der Waals surface area contributed by atoms with Crippen LogP contribution in [0.1, 0.15) is 32.3 Å². The molecule has 5 heteroatoms. The summed E-state index contributed by atoms with van der Waals surface area (Å²) in [5, 5.41) is 0. The molecule has 0 spiro atoms. The first-order valence-corrected chi connectivity index (χ1v) is 7.59. The minimum atomic E-state index is -0.0548. The van der Waals surface area contributed by atoms with Crippen LogP contribution in [0.25, 0.3) is 0 Å². The van der Waals surface area contributed by atoms with Crippen molar-refractivity contribution in [2.24, 2.45) is 0 Å². The quantitative estimate of drug-likeness (QED) is 0.821. The molecule has 18 heavy (non-hydrogen) atoms. The summed E-state index contributed by atoms with van der Waals surface area (Å²) in [6.45, 7) is 7.07. The van der Waals surface area contributed by atoms with E-state index in [4.69, 9.17) is 0 Å². The highest BCUT2D eigenvalue weighted by molar-refractivity contribution is 7.99. The highest BCUT2D eigenvalue weighted by Crippen LogP contribution is 2.08. The van der Waals surface area contributed by atoms with E-state index in [0.29, 0.717) is 12.6 Å². The Bertz CT molecular complexity index is 419. The summed E-state index contributed by atoms with van der Waals surface area (Å²) in [5.74, 6) is 3.00.